The van der Waals surface area contributed by atoms with Gasteiger partial charge in [-0.05, 0) is 54.8 Å². The third kappa shape index (κ3) is 3.63. The fraction of sp³-hybridized carbons (Fsp3) is 0.318. The van der Waals surface area contributed by atoms with Gasteiger partial charge < -0.3 is 19.3 Å². The Morgan fingerprint density at radius 2 is 1.78 bits per heavy atom. The molecule has 0 bridgehead atoms. The van der Waals surface area contributed by atoms with Gasteiger partial charge in [-0.3, -0.25) is 4.79 Å². The van der Waals surface area contributed by atoms with Crippen molar-refractivity contribution in [1.82, 2.24) is 4.90 Å². The summed E-state index contributed by atoms with van der Waals surface area (Å²) in [6.07, 6.45) is 3.48. The molecule has 1 fully saturated rings. The first-order valence-electron chi connectivity index (χ1n) is 9.29. The summed E-state index contributed by atoms with van der Waals surface area (Å²) in [5.74, 6) is 1.53. The van der Waals surface area contributed by atoms with Crippen molar-refractivity contribution in [3.8, 4) is 11.5 Å². The van der Waals surface area contributed by atoms with Crippen LogP contribution < -0.4 is 14.4 Å². The van der Waals surface area contributed by atoms with Crippen LogP contribution in [0.15, 0.2) is 42.5 Å². The van der Waals surface area contributed by atoms with Crippen LogP contribution in [0.4, 0.5) is 5.69 Å². The number of hydrogen-bond donors (Lipinski definition) is 0. The van der Waals surface area contributed by atoms with Gasteiger partial charge in [-0.25, -0.2) is 0 Å². The number of anilines is 1. The molecule has 2 aromatic carbocycles. The molecule has 0 radical (unpaired) electrons. The molecule has 0 atom stereocenters. The molecule has 0 spiro atoms. The average molecular weight is 364 g/mol. The number of benzene rings is 2. The summed E-state index contributed by atoms with van der Waals surface area (Å²) >= 11 is 0. The third-order valence-corrected chi connectivity index (χ3v) is 5.32. The fourth-order valence-electron chi connectivity index (χ4n) is 3.54. The molecule has 2 aliphatic heterocycles. The molecular formula is C22H24N2O3. The van der Waals surface area contributed by atoms with Crippen LogP contribution >= 0.6 is 0 Å². The molecular weight excluding hydrogens is 340 g/mol. The van der Waals surface area contributed by atoms with Gasteiger partial charge in [0.2, 0.25) is 12.7 Å². The van der Waals surface area contributed by atoms with Gasteiger partial charge in [-0.2, -0.15) is 0 Å². The molecule has 140 valence electrons. The van der Waals surface area contributed by atoms with Gasteiger partial charge in [0.15, 0.2) is 11.5 Å². The van der Waals surface area contributed by atoms with Gasteiger partial charge >= 0.3 is 0 Å². The number of amides is 1. The average Bonchev–Trinajstić information content (AvgIpc) is 3.16. The Labute approximate surface area is 159 Å². The molecule has 4 rings (SSSR count). The zero-order valence-electron chi connectivity index (χ0n) is 15.8. The maximum atomic E-state index is 12.5. The maximum Gasteiger partial charge on any atom is 0.246 e. The van der Waals surface area contributed by atoms with E-state index in [1.165, 1.54) is 16.8 Å². The summed E-state index contributed by atoms with van der Waals surface area (Å²) in [5, 5.41) is 0. The molecule has 5 nitrogen and oxygen atoms in total. The molecule has 1 saturated heterocycles. The number of rotatable bonds is 3. The number of ether oxygens (including phenoxy) is 2. The predicted octanol–water partition coefficient (Wildman–Crippen LogP) is 3.39. The Morgan fingerprint density at radius 1 is 1.00 bits per heavy atom. The van der Waals surface area contributed by atoms with E-state index in [1.807, 2.05) is 29.2 Å². The smallest absolute Gasteiger partial charge is 0.246 e. The van der Waals surface area contributed by atoms with E-state index < -0.39 is 0 Å². The minimum Gasteiger partial charge on any atom is -0.454 e. The maximum absolute atomic E-state index is 12.5. The highest BCUT2D eigenvalue weighted by atomic mass is 16.7. The van der Waals surface area contributed by atoms with Crippen LogP contribution in [-0.2, 0) is 4.79 Å². The molecule has 2 aromatic rings. The lowest BCUT2D eigenvalue weighted by Crippen LogP contribution is -2.48. The Bertz CT molecular complexity index is 883. The molecule has 0 unspecified atom stereocenters. The van der Waals surface area contributed by atoms with E-state index in [2.05, 4.69) is 36.9 Å². The minimum absolute atomic E-state index is 0.0493. The van der Waals surface area contributed by atoms with Crippen molar-refractivity contribution in [2.24, 2.45) is 0 Å². The van der Waals surface area contributed by atoms with E-state index in [0.29, 0.717) is 0 Å². The van der Waals surface area contributed by atoms with Crippen molar-refractivity contribution in [2.75, 3.05) is 37.9 Å². The van der Waals surface area contributed by atoms with Crippen LogP contribution in [0.25, 0.3) is 6.08 Å². The summed E-state index contributed by atoms with van der Waals surface area (Å²) < 4.78 is 10.7. The number of piperazine rings is 1. The summed E-state index contributed by atoms with van der Waals surface area (Å²) in [7, 11) is 0. The first kappa shape index (κ1) is 17.5. The monoisotopic (exact) mass is 364 g/mol. The molecule has 2 heterocycles. The fourth-order valence-corrected chi connectivity index (χ4v) is 3.54. The van der Waals surface area contributed by atoms with Gasteiger partial charge in [0.05, 0.1) is 0 Å². The number of nitrogens with zero attached hydrogens (tertiary/aromatic N) is 2. The van der Waals surface area contributed by atoms with Crippen LogP contribution in [0.3, 0.4) is 0 Å². The molecule has 0 aromatic heterocycles. The Kier molecular flexibility index (Phi) is 4.75. The van der Waals surface area contributed by atoms with E-state index in [0.717, 1.165) is 43.2 Å². The summed E-state index contributed by atoms with van der Waals surface area (Å²) in [6, 6.07) is 12.1. The molecule has 0 N–H and O–H groups in total. The van der Waals surface area contributed by atoms with Crippen molar-refractivity contribution in [2.45, 2.75) is 13.8 Å². The second-order valence-corrected chi connectivity index (χ2v) is 6.98. The SMILES string of the molecule is Cc1cccc(N2CCN(C(=O)/C=C\c3ccc4c(c3)OCO4)CC2)c1C. The molecule has 2 aliphatic rings. The Balaban J connectivity index is 1.36. The first-order valence-corrected chi connectivity index (χ1v) is 9.29. The number of aryl methyl sites for hydroxylation is 1. The number of carbonyl (C=O) groups is 1. The molecule has 5 heteroatoms. The Morgan fingerprint density at radius 3 is 2.59 bits per heavy atom. The number of carbonyl (C=O) groups excluding carboxylic acids is 1. The summed E-state index contributed by atoms with van der Waals surface area (Å²) in [6.45, 7) is 7.74. The minimum atomic E-state index is 0.0493. The van der Waals surface area contributed by atoms with Crippen LogP contribution in [0.5, 0.6) is 11.5 Å². The highest BCUT2D eigenvalue weighted by Gasteiger charge is 2.21. The van der Waals surface area contributed by atoms with Gasteiger partial charge in [0.1, 0.15) is 0 Å². The predicted molar refractivity (Wildman–Crippen MR) is 106 cm³/mol. The summed E-state index contributed by atoms with van der Waals surface area (Å²) in [5.41, 5.74) is 4.83. The van der Waals surface area contributed by atoms with Crippen molar-refractivity contribution in [1.29, 1.82) is 0 Å². The van der Waals surface area contributed by atoms with E-state index in [9.17, 15) is 4.79 Å². The lowest BCUT2D eigenvalue weighted by molar-refractivity contribution is -0.126. The van der Waals surface area contributed by atoms with Crippen LogP contribution in [0.2, 0.25) is 0 Å². The summed E-state index contributed by atoms with van der Waals surface area (Å²) in [4.78, 5) is 16.8. The lowest BCUT2D eigenvalue weighted by Gasteiger charge is -2.36. The van der Waals surface area contributed by atoms with Crippen LogP contribution in [0.1, 0.15) is 16.7 Å². The third-order valence-electron chi connectivity index (χ3n) is 5.32. The van der Waals surface area contributed by atoms with E-state index in [1.54, 1.807) is 6.08 Å². The highest BCUT2D eigenvalue weighted by Crippen LogP contribution is 2.32. The van der Waals surface area contributed by atoms with Crippen molar-refractivity contribution in [3.63, 3.8) is 0 Å². The molecule has 0 saturated carbocycles. The first-order chi connectivity index (χ1) is 13.1. The second-order valence-electron chi connectivity index (χ2n) is 6.98. The molecule has 1 amide bonds. The van der Waals surface area contributed by atoms with Crippen molar-refractivity contribution < 1.29 is 14.3 Å². The standard InChI is InChI=1S/C22H24N2O3/c1-16-4-3-5-19(17(16)2)23-10-12-24(13-11-23)22(25)9-7-18-6-8-20-21(14-18)27-15-26-20/h3-9,14H,10-13,15H2,1-2H3/b9-7-. The van der Waals surface area contributed by atoms with Crippen molar-refractivity contribution in [3.05, 3.63) is 59.2 Å². The zero-order valence-corrected chi connectivity index (χ0v) is 15.8. The van der Waals surface area contributed by atoms with Gasteiger partial charge in [-0.15, -0.1) is 0 Å². The van der Waals surface area contributed by atoms with Gasteiger partial charge in [0.25, 0.3) is 0 Å². The van der Waals surface area contributed by atoms with Crippen LogP contribution in [0, 0.1) is 13.8 Å². The largest absolute Gasteiger partial charge is 0.454 e. The molecule has 0 aliphatic carbocycles. The van der Waals surface area contributed by atoms with E-state index in [4.69, 9.17) is 9.47 Å². The topological polar surface area (TPSA) is 42.0 Å². The van der Waals surface area contributed by atoms with E-state index >= 15 is 0 Å². The van der Waals surface area contributed by atoms with Crippen LogP contribution in [-0.4, -0.2) is 43.8 Å². The van der Waals surface area contributed by atoms with Crippen molar-refractivity contribution >= 4 is 17.7 Å². The van der Waals surface area contributed by atoms with Gasteiger partial charge in [0, 0.05) is 37.9 Å². The Hall–Kier alpha value is -2.95. The quantitative estimate of drug-likeness (QED) is 0.783. The van der Waals surface area contributed by atoms with E-state index in [-0.39, 0.29) is 12.7 Å². The number of fused-ring (bicyclic) bond motifs is 1. The van der Waals surface area contributed by atoms with Gasteiger partial charge in [-0.1, -0.05) is 18.2 Å². The second kappa shape index (κ2) is 7.35. The zero-order chi connectivity index (χ0) is 18.8. The lowest BCUT2D eigenvalue weighted by atomic mass is 10.1. The molecule has 27 heavy (non-hydrogen) atoms. The normalized spacial score (nSPS) is 16.2. The number of hydrogen-bond acceptors (Lipinski definition) is 4. The highest BCUT2D eigenvalue weighted by molar-refractivity contribution is 5.92.